The van der Waals surface area contributed by atoms with Crippen molar-refractivity contribution in [1.82, 2.24) is 24.4 Å². The second kappa shape index (κ2) is 7.17. The molecule has 28 heavy (non-hydrogen) atoms. The number of hydrogen-bond donors (Lipinski definition) is 1. The molecule has 0 aliphatic rings. The Labute approximate surface area is 164 Å². The number of pyridine rings is 1. The number of aryl methyl sites for hydroxylation is 1. The normalized spacial score (nSPS) is 10.5. The number of hydrogen-bond acceptors (Lipinski definition) is 6. The second-order valence-electron chi connectivity index (χ2n) is 6.01. The van der Waals surface area contributed by atoms with Crippen LogP contribution in [0.25, 0.3) is 16.6 Å². The van der Waals surface area contributed by atoms with Crippen LogP contribution in [0.15, 0.2) is 37.1 Å². The lowest BCUT2D eigenvalue weighted by Gasteiger charge is -2.06. The molecule has 0 fully saturated rings. The number of thiazole rings is 1. The van der Waals surface area contributed by atoms with Gasteiger partial charge in [0, 0.05) is 37.5 Å². The number of nitrogens with one attached hydrogen (secondary N) is 1. The predicted molar refractivity (Wildman–Crippen MR) is 106 cm³/mol. The monoisotopic (exact) mass is 392 g/mol. The van der Waals surface area contributed by atoms with Gasteiger partial charge in [-0.15, -0.1) is 0 Å². The van der Waals surface area contributed by atoms with Crippen LogP contribution >= 0.6 is 11.3 Å². The Morgan fingerprint density at radius 1 is 1.18 bits per heavy atom. The Kier molecular flexibility index (Phi) is 4.55. The maximum absolute atomic E-state index is 11.1. The Morgan fingerprint density at radius 3 is 2.75 bits per heavy atom. The third-order valence-electron chi connectivity index (χ3n) is 3.94. The van der Waals surface area contributed by atoms with Gasteiger partial charge in [-0.25, -0.2) is 9.50 Å². The van der Waals surface area contributed by atoms with Crippen LogP contribution in [0.4, 0.5) is 5.13 Å². The summed E-state index contributed by atoms with van der Waals surface area (Å²) in [6.07, 6.45) is 8.98. The minimum absolute atomic E-state index is 0.161. The number of aromatic nitrogens is 5. The second-order valence-corrected chi connectivity index (χ2v) is 7.04. The summed E-state index contributed by atoms with van der Waals surface area (Å²) in [4.78, 5) is 16.0. The smallest absolute Gasteiger partial charge is 0.223 e. The summed E-state index contributed by atoms with van der Waals surface area (Å²) in [5, 5.41) is 11.8. The van der Waals surface area contributed by atoms with Gasteiger partial charge >= 0.3 is 0 Å². The number of methoxy groups -OCH3 is 1. The number of amides is 1. The molecular weight excluding hydrogens is 376 g/mol. The molecule has 1 N–H and O–H groups in total. The van der Waals surface area contributed by atoms with Crippen LogP contribution in [0.5, 0.6) is 5.75 Å². The number of ether oxygens (including phenoxy) is 1. The first kappa shape index (κ1) is 17.8. The van der Waals surface area contributed by atoms with Crippen molar-refractivity contribution in [2.24, 2.45) is 7.05 Å². The zero-order valence-electron chi connectivity index (χ0n) is 15.4. The number of carbonyl (C=O) groups excluding carboxylic acids is 1. The molecule has 9 heteroatoms. The van der Waals surface area contributed by atoms with Crippen LogP contribution in [-0.4, -0.2) is 37.4 Å². The number of rotatable bonds is 3. The summed E-state index contributed by atoms with van der Waals surface area (Å²) in [5.74, 6) is 6.69. The molecule has 0 atom stereocenters. The fourth-order valence-electron chi connectivity index (χ4n) is 2.73. The highest BCUT2D eigenvalue weighted by Crippen LogP contribution is 2.29. The van der Waals surface area contributed by atoms with E-state index in [-0.39, 0.29) is 5.91 Å². The van der Waals surface area contributed by atoms with Crippen molar-refractivity contribution in [1.29, 1.82) is 0 Å². The molecule has 4 heterocycles. The van der Waals surface area contributed by atoms with Crippen molar-refractivity contribution < 1.29 is 9.53 Å². The lowest BCUT2D eigenvalue weighted by molar-refractivity contribution is -0.114. The van der Waals surface area contributed by atoms with E-state index in [0.717, 1.165) is 27.1 Å². The standard InChI is InChI=1S/C19H16N6O2S/c1-12(26)23-19-20-9-16(28-19)5-4-13-7-22-25-11-14(6-17(27-3)18(13)25)15-8-21-24(2)10-15/h6-11H,1-3H3,(H,20,23,26). The molecule has 0 spiro atoms. The van der Waals surface area contributed by atoms with Crippen LogP contribution in [-0.2, 0) is 11.8 Å². The Morgan fingerprint density at radius 2 is 2.04 bits per heavy atom. The van der Waals surface area contributed by atoms with Crippen molar-refractivity contribution >= 4 is 27.9 Å². The summed E-state index contributed by atoms with van der Waals surface area (Å²) < 4.78 is 9.08. The van der Waals surface area contributed by atoms with Gasteiger partial charge in [-0.3, -0.25) is 9.48 Å². The molecule has 0 bridgehead atoms. The summed E-state index contributed by atoms with van der Waals surface area (Å²) in [6.45, 7) is 1.44. The van der Waals surface area contributed by atoms with Crippen LogP contribution in [0, 0.1) is 11.8 Å². The first-order valence-electron chi connectivity index (χ1n) is 8.33. The molecule has 1 amide bonds. The van der Waals surface area contributed by atoms with Crippen LogP contribution in [0.1, 0.15) is 17.4 Å². The summed E-state index contributed by atoms with van der Waals surface area (Å²) in [7, 11) is 3.49. The Hall–Kier alpha value is -3.64. The van der Waals surface area contributed by atoms with Gasteiger partial charge in [-0.1, -0.05) is 17.3 Å². The molecule has 140 valence electrons. The quantitative estimate of drug-likeness (QED) is 0.542. The molecule has 0 aliphatic carbocycles. The zero-order chi connectivity index (χ0) is 19.7. The Balaban J connectivity index is 1.71. The lowest BCUT2D eigenvalue weighted by Crippen LogP contribution is -2.04. The van der Waals surface area contributed by atoms with Crippen LogP contribution in [0.3, 0.4) is 0 Å². The molecule has 0 saturated heterocycles. The molecule has 4 rings (SSSR count). The molecule has 0 aromatic carbocycles. The fraction of sp³-hybridized carbons (Fsp3) is 0.158. The van der Waals surface area contributed by atoms with E-state index in [1.807, 2.05) is 25.5 Å². The molecule has 0 saturated carbocycles. The van der Waals surface area contributed by atoms with Gasteiger partial charge in [0.15, 0.2) is 5.13 Å². The predicted octanol–water partition coefficient (Wildman–Crippen LogP) is 2.56. The average molecular weight is 392 g/mol. The van der Waals surface area contributed by atoms with Crippen LogP contribution < -0.4 is 10.1 Å². The van der Waals surface area contributed by atoms with E-state index < -0.39 is 0 Å². The van der Waals surface area contributed by atoms with E-state index in [4.69, 9.17) is 4.74 Å². The van der Waals surface area contributed by atoms with Crippen molar-refractivity contribution in [3.8, 4) is 28.7 Å². The minimum Gasteiger partial charge on any atom is -0.494 e. The van der Waals surface area contributed by atoms with E-state index in [9.17, 15) is 4.79 Å². The van der Waals surface area contributed by atoms with Gasteiger partial charge in [0.1, 0.15) is 11.3 Å². The summed E-state index contributed by atoms with van der Waals surface area (Å²) >= 11 is 1.32. The SMILES string of the molecule is COc1cc(-c2cnn(C)c2)cn2ncc(C#Cc3cnc(NC(C)=O)s3)c12. The van der Waals surface area contributed by atoms with E-state index in [0.29, 0.717) is 10.9 Å². The summed E-state index contributed by atoms with van der Waals surface area (Å²) in [5.41, 5.74) is 3.45. The van der Waals surface area contributed by atoms with Gasteiger partial charge in [0.2, 0.25) is 5.91 Å². The van der Waals surface area contributed by atoms with E-state index >= 15 is 0 Å². The van der Waals surface area contributed by atoms with Crippen molar-refractivity contribution in [2.75, 3.05) is 12.4 Å². The zero-order valence-corrected chi connectivity index (χ0v) is 16.2. The lowest BCUT2D eigenvalue weighted by atomic mass is 10.1. The number of fused-ring (bicyclic) bond motifs is 1. The first-order chi connectivity index (χ1) is 13.5. The molecule has 4 aromatic rings. The highest BCUT2D eigenvalue weighted by molar-refractivity contribution is 7.16. The highest BCUT2D eigenvalue weighted by Gasteiger charge is 2.12. The number of anilines is 1. The molecule has 0 radical (unpaired) electrons. The minimum atomic E-state index is -0.161. The van der Waals surface area contributed by atoms with Crippen LogP contribution in [0.2, 0.25) is 0 Å². The van der Waals surface area contributed by atoms with Gasteiger partial charge in [-0.05, 0) is 12.0 Å². The molecule has 0 unspecified atom stereocenters. The van der Waals surface area contributed by atoms with Gasteiger partial charge < -0.3 is 10.1 Å². The van der Waals surface area contributed by atoms with Gasteiger partial charge in [0.25, 0.3) is 0 Å². The topological polar surface area (TPSA) is 86.3 Å². The number of nitrogens with zero attached hydrogens (tertiary/aromatic N) is 5. The maximum atomic E-state index is 11.1. The largest absolute Gasteiger partial charge is 0.494 e. The van der Waals surface area contributed by atoms with Crippen molar-refractivity contribution in [3.05, 3.63) is 47.5 Å². The van der Waals surface area contributed by atoms with Gasteiger partial charge in [0.05, 0.1) is 36.1 Å². The molecule has 4 aromatic heterocycles. The number of carbonyl (C=O) groups is 1. The van der Waals surface area contributed by atoms with Gasteiger partial charge in [-0.2, -0.15) is 10.2 Å². The van der Waals surface area contributed by atoms with E-state index in [2.05, 4.69) is 32.3 Å². The molecule has 8 nitrogen and oxygen atoms in total. The average Bonchev–Trinajstić information content (AvgIpc) is 3.38. The summed E-state index contributed by atoms with van der Waals surface area (Å²) in [6, 6.07) is 1.95. The van der Waals surface area contributed by atoms with Crippen molar-refractivity contribution in [2.45, 2.75) is 6.92 Å². The third-order valence-corrected chi connectivity index (χ3v) is 4.77. The highest BCUT2D eigenvalue weighted by atomic mass is 32.1. The third kappa shape index (κ3) is 3.45. The van der Waals surface area contributed by atoms with E-state index in [1.165, 1.54) is 18.3 Å². The maximum Gasteiger partial charge on any atom is 0.223 e. The fourth-order valence-corrected chi connectivity index (χ4v) is 3.44. The molecular formula is C19H16N6O2S. The molecule has 0 aliphatic heterocycles. The van der Waals surface area contributed by atoms with Crippen molar-refractivity contribution in [3.63, 3.8) is 0 Å². The van der Waals surface area contributed by atoms with E-state index in [1.54, 1.807) is 34.9 Å². The first-order valence-corrected chi connectivity index (χ1v) is 9.15. The Bertz CT molecular complexity index is 1240.